The molecular formula is C19H17BrClNO5. The van der Waals surface area contributed by atoms with Gasteiger partial charge in [0.1, 0.15) is 13.2 Å². The van der Waals surface area contributed by atoms with Crippen LogP contribution in [0.4, 0.5) is 0 Å². The monoisotopic (exact) mass is 453 g/mol. The number of halogens is 2. The van der Waals surface area contributed by atoms with Gasteiger partial charge in [-0.2, -0.15) is 0 Å². The number of esters is 1. The lowest BCUT2D eigenvalue weighted by Crippen LogP contribution is -2.30. The summed E-state index contributed by atoms with van der Waals surface area (Å²) in [7, 11) is 1.31. The third-order valence-electron chi connectivity index (χ3n) is 4.04. The molecule has 1 N–H and O–H groups in total. The number of methoxy groups -OCH3 is 1. The molecule has 6 nitrogen and oxygen atoms in total. The molecule has 1 atom stereocenters. The molecule has 142 valence electrons. The molecule has 0 spiro atoms. The Labute approximate surface area is 169 Å². The van der Waals surface area contributed by atoms with Gasteiger partial charge in [0.05, 0.1) is 24.6 Å². The van der Waals surface area contributed by atoms with Gasteiger partial charge in [-0.3, -0.25) is 9.59 Å². The van der Waals surface area contributed by atoms with Gasteiger partial charge in [0, 0.05) is 10.0 Å². The minimum atomic E-state index is -0.551. The smallest absolute Gasteiger partial charge is 0.307 e. The lowest BCUT2D eigenvalue weighted by molar-refractivity contribution is -0.141. The van der Waals surface area contributed by atoms with Gasteiger partial charge in [-0.25, -0.2) is 0 Å². The Morgan fingerprint density at radius 3 is 2.63 bits per heavy atom. The zero-order chi connectivity index (χ0) is 19.4. The number of amides is 1. The van der Waals surface area contributed by atoms with Crippen molar-refractivity contribution in [3.8, 4) is 11.5 Å². The van der Waals surface area contributed by atoms with Crippen LogP contribution in [0.5, 0.6) is 11.5 Å². The molecule has 3 rings (SSSR count). The van der Waals surface area contributed by atoms with Gasteiger partial charge in [0.25, 0.3) is 5.91 Å². The minimum absolute atomic E-state index is 0.00214. The largest absolute Gasteiger partial charge is 0.486 e. The number of fused-ring (bicyclic) bond motifs is 1. The van der Waals surface area contributed by atoms with Crippen molar-refractivity contribution in [1.82, 2.24) is 5.32 Å². The average Bonchev–Trinajstić information content (AvgIpc) is 2.67. The van der Waals surface area contributed by atoms with Crippen LogP contribution >= 0.6 is 27.5 Å². The van der Waals surface area contributed by atoms with Crippen LogP contribution in [0.15, 0.2) is 40.9 Å². The second kappa shape index (κ2) is 8.63. The maximum absolute atomic E-state index is 12.8. The molecule has 27 heavy (non-hydrogen) atoms. The standard InChI is InChI=1S/C19H17BrClNO5/c1-25-17(23)10-15(11-2-4-13(20)5-3-11)22-19(24)12-8-14(21)18-16(9-12)26-6-7-27-18/h2-5,8-9,15H,6-7,10H2,1H3,(H,22,24). The van der Waals surface area contributed by atoms with Gasteiger partial charge >= 0.3 is 5.97 Å². The first-order chi connectivity index (χ1) is 13.0. The molecular weight excluding hydrogens is 438 g/mol. The first-order valence-corrected chi connectivity index (χ1v) is 9.37. The summed E-state index contributed by atoms with van der Waals surface area (Å²) in [6, 6.07) is 9.88. The molecule has 0 saturated heterocycles. The fraction of sp³-hybridized carbons (Fsp3) is 0.263. The van der Waals surface area contributed by atoms with Gasteiger partial charge in [0.15, 0.2) is 11.5 Å². The average molecular weight is 455 g/mol. The van der Waals surface area contributed by atoms with Crippen LogP contribution < -0.4 is 14.8 Å². The molecule has 1 amide bonds. The summed E-state index contributed by atoms with van der Waals surface area (Å²) in [6.45, 7) is 0.793. The van der Waals surface area contributed by atoms with E-state index in [4.69, 9.17) is 25.8 Å². The number of rotatable bonds is 5. The number of hydrogen-bond acceptors (Lipinski definition) is 5. The van der Waals surface area contributed by atoms with E-state index in [0.29, 0.717) is 35.3 Å². The van der Waals surface area contributed by atoms with E-state index in [2.05, 4.69) is 21.2 Å². The Morgan fingerprint density at radius 2 is 1.93 bits per heavy atom. The van der Waals surface area contributed by atoms with Crippen LogP contribution in [0.3, 0.4) is 0 Å². The van der Waals surface area contributed by atoms with E-state index in [1.54, 1.807) is 6.07 Å². The third kappa shape index (κ3) is 4.73. The fourth-order valence-electron chi connectivity index (χ4n) is 2.68. The summed E-state index contributed by atoms with van der Waals surface area (Å²) in [5.41, 5.74) is 1.09. The molecule has 0 radical (unpaired) electrons. The maximum atomic E-state index is 12.8. The van der Waals surface area contributed by atoms with Gasteiger partial charge in [-0.05, 0) is 29.8 Å². The van der Waals surface area contributed by atoms with Crippen LogP contribution in [-0.2, 0) is 9.53 Å². The maximum Gasteiger partial charge on any atom is 0.307 e. The molecule has 0 fully saturated rings. The van der Waals surface area contributed by atoms with E-state index in [0.717, 1.165) is 10.0 Å². The molecule has 1 aliphatic heterocycles. The number of carbonyl (C=O) groups excluding carboxylic acids is 2. The number of carbonyl (C=O) groups is 2. The van der Waals surface area contributed by atoms with Crippen molar-refractivity contribution in [2.45, 2.75) is 12.5 Å². The van der Waals surface area contributed by atoms with Crippen LogP contribution in [0.25, 0.3) is 0 Å². The summed E-state index contributed by atoms with van der Waals surface area (Å²) >= 11 is 9.58. The highest BCUT2D eigenvalue weighted by Crippen LogP contribution is 2.38. The number of nitrogens with one attached hydrogen (secondary N) is 1. The minimum Gasteiger partial charge on any atom is -0.486 e. The summed E-state index contributed by atoms with van der Waals surface area (Å²) in [5, 5.41) is 3.15. The predicted molar refractivity (Wildman–Crippen MR) is 103 cm³/mol. The molecule has 1 unspecified atom stereocenters. The van der Waals surface area contributed by atoms with Gasteiger partial charge < -0.3 is 19.5 Å². The molecule has 0 saturated carbocycles. The summed E-state index contributed by atoms with van der Waals surface area (Å²) in [6.07, 6.45) is 0.00214. The number of hydrogen-bond donors (Lipinski definition) is 1. The lowest BCUT2D eigenvalue weighted by Gasteiger charge is -2.21. The van der Waals surface area contributed by atoms with Gasteiger partial charge in [-0.1, -0.05) is 39.7 Å². The topological polar surface area (TPSA) is 73.9 Å². The van der Waals surface area contributed by atoms with Crippen LogP contribution in [0.2, 0.25) is 5.02 Å². The van der Waals surface area contributed by atoms with E-state index >= 15 is 0 Å². The van der Waals surface area contributed by atoms with E-state index < -0.39 is 12.0 Å². The van der Waals surface area contributed by atoms with Crippen molar-refractivity contribution < 1.29 is 23.8 Å². The second-order valence-corrected chi connectivity index (χ2v) is 7.16. The molecule has 8 heteroatoms. The molecule has 0 bridgehead atoms. The molecule has 1 heterocycles. The van der Waals surface area contributed by atoms with Crippen LogP contribution in [0, 0.1) is 0 Å². The van der Waals surface area contributed by atoms with Gasteiger partial charge in [0.2, 0.25) is 0 Å². The summed E-state index contributed by atoms with van der Waals surface area (Å²) < 4.78 is 16.6. The Morgan fingerprint density at radius 1 is 1.22 bits per heavy atom. The van der Waals surface area contributed by atoms with Crippen LogP contribution in [-0.4, -0.2) is 32.2 Å². The molecule has 1 aliphatic rings. The zero-order valence-corrected chi connectivity index (χ0v) is 16.8. The Hall–Kier alpha value is -2.25. The van der Waals surface area contributed by atoms with Gasteiger partial charge in [-0.15, -0.1) is 0 Å². The van der Waals surface area contributed by atoms with Crippen molar-refractivity contribution in [1.29, 1.82) is 0 Å². The second-order valence-electron chi connectivity index (χ2n) is 5.84. The molecule has 2 aromatic carbocycles. The Balaban J connectivity index is 1.84. The normalized spacial score (nSPS) is 13.6. The van der Waals surface area contributed by atoms with E-state index in [9.17, 15) is 9.59 Å². The van der Waals surface area contributed by atoms with Crippen molar-refractivity contribution in [3.05, 3.63) is 57.0 Å². The fourth-order valence-corrected chi connectivity index (χ4v) is 3.21. The van der Waals surface area contributed by atoms with Crippen LogP contribution in [0.1, 0.15) is 28.4 Å². The molecule has 0 aromatic heterocycles. The molecule has 2 aromatic rings. The first kappa shape index (κ1) is 19.5. The highest BCUT2D eigenvalue weighted by molar-refractivity contribution is 9.10. The number of benzene rings is 2. The number of ether oxygens (including phenoxy) is 3. The van der Waals surface area contributed by atoms with Crippen molar-refractivity contribution in [3.63, 3.8) is 0 Å². The quantitative estimate of drug-likeness (QED) is 0.694. The summed E-state index contributed by atoms with van der Waals surface area (Å²) in [5.74, 6) is 0.0414. The summed E-state index contributed by atoms with van der Waals surface area (Å²) in [4.78, 5) is 24.6. The Bertz CT molecular complexity index is 856. The highest BCUT2D eigenvalue weighted by atomic mass is 79.9. The third-order valence-corrected chi connectivity index (χ3v) is 4.84. The predicted octanol–water partition coefficient (Wildman–Crippen LogP) is 3.91. The SMILES string of the molecule is COC(=O)CC(NC(=O)c1cc(Cl)c2c(c1)OCCO2)c1ccc(Br)cc1. The highest BCUT2D eigenvalue weighted by Gasteiger charge is 2.23. The van der Waals surface area contributed by atoms with Crippen molar-refractivity contribution in [2.75, 3.05) is 20.3 Å². The van der Waals surface area contributed by atoms with Crippen molar-refractivity contribution in [2.24, 2.45) is 0 Å². The van der Waals surface area contributed by atoms with E-state index in [1.165, 1.54) is 13.2 Å². The van der Waals surface area contributed by atoms with E-state index in [1.807, 2.05) is 24.3 Å². The zero-order valence-electron chi connectivity index (χ0n) is 14.5. The first-order valence-electron chi connectivity index (χ1n) is 8.20. The lowest BCUT2D eigenvalue weighted by atomic mass is 10.0. The molecule has 0 aliphatic carbocycles. The van der Waals surface area contributed by atoms with E-state index in [-0.39, 0.29) is 12.3 Å². The van der Waals surface area contributed by atoms with Crippen molar-refractivity contribution >= 4 is 39.4 Å². The Kier molecular flexibility index (Phi) is 6.23.